The largest absolute Gasteiger partial charge is 0.469 e. The Morgan fingerprint density at radius 2 is 0.714 bits per heavy atom. The number of methoxy groups -OCH3 is 4. The van der Waals surface area contributed by atoms with Gasteiger partial charge in [-0.05, 0) is 0 Å². The molecular formula is C18H24O10. The molecule has 0 bridgehead atoms. The molecule has 2 fully saturated rings. The SMILES string of the molecule is COC(=O)[C@@H]1CC(=O)C[C@H]1C(=O)OC.COC(=O)[C@H]1CC(=O)C[C@@H]1C(=O)OC. The molecule has 4 atom stereocenters. The maximum absolute atomic E-state index is 11.2. The lowest BCUT2D eigenvalue weighted by atomic mass is 9.96. The van der Waals surface area contributed by atoms with Crippen LogP contribution in [0.15, 0.2) is 0 Å². The zero-order chi connectivity index (χ0) is 21.4. The van der Waals surface area contributed by atoms with E-state index in [1.54, 1.807) is 0 Å². The zero-order valence-corrected chi connectivity index (χ0v) is 16.2. The van der Waals surface area contributed by atoms with Crippen LogP contribution < -0.4 is 0 Å². The van der Waals surface area contributed by atoms with Crippen LogP contribution in [0.3, 0.4) is 0 Å². The lowest BCUT2D eigenvalue weighted by Gasteiger charge is -2.13. The highest BCUT2D eigenvalue weighted by Gasteiger charge is 2.44. The number of ether oxygens (including phenoxy) is 4. The summed E-state index contributed by atoms with van der Waals surface area (Å²) >= 11 is 0. The van der Waals surface area contributed by atoms with Gasteiger partial charge in [-0.15, -0.1) is 0 Å². The molecule has 156 valence electrons. The number of carbonyl (C=O) groups is 6. The van der Waals surface area contributed by atoms with Crippen LogP contribution in [0, 0.1) is 23.7 Å². The van der Waals surface area contributed by atoms with Gasteiger partial charge in [0.25, 0.3) is 0 Å². The van der Waals surface area contributed by atoms with Crippen LogP contribution in [0.25, 0.3) is 0 Å². The van der Waals surface area contributed by atoms with Gasteiger partial charge in [0.15, 0.2) is 0 Å². The first-order valence-electron chi connectivity index (χ1n) is 8.54. The minimum atomic E-state index is -0.667. The first-order valence-corrected chi connectivity index (χ1v) is 8.54. The highest BCUT2D eigenvalue weighted by molar-refractivity contribution is 5.96. The van der Waals surface area contributed by atoms with Crippen molar-refractivity contribution in [2.24, 2.45) is 23.7 Å². The maximum atomic E-state index is 11.2. The van der Waals surface area contributed by atoms with Crippen molar-refractivity contribution in [3.8, 4) is 0 Å². The summed E-state index contributed by atoms with van der Waals surface area (Å²) in [5.41, 5.74) is 0. The fourth-order valence-electron chi connectivity index (χ4n) is 3.31. The number of carbonyl (C=O) groups excluding carboxylic acids is 6. The fraction of sp³-hybridized carbons (Fsp3) is 0.667. The fourth-order valence-corrected chi connectivity index (χ4v) is 3.31. The molecular weight excluding hydrogens is 376 g/mol. The van der Waals surface area contributed by atoms with E-state index in [1.807, 2.05) is 0 Å². The van der Waals surface area contributed by atoms with Gasteiger partial charge in [0.1, 0.15) is 11.6 Å². The first kappa shape index (κ1) is 23.3. The average Bonchev–Trinajstić information content (AvgIpc) is 3.28. The van der Waals surface area contributed by atoms with E-state index in [4.69, 9.17) is 0 Å². The van der Waals surface area contributed by atoms with Gasteiger partial charge in [-0.3, -0.25) is 28.8 Å². The Morgan fingerprint density at radius 1 is 0.536 bits per heavy atom. The molecule has 10 heteroatoms. The molecule has 0 aliphatic heterocycles. The molecule has 0 radical (unpaired) electrons. The van der Waals surface area contributed by atoms with E-state index in [0.29, 0.717) is 0 Å². The van der Waals surface area contributed by atoms with Crippen molar-refractivity contribution in [3.05, 3.63) is 0 Å². The second-order valence-electron chi connectivity index (χ2n) is 6.41. The average molecular weight is 400 g/mol. The molecule has 0 unspecified atom stereocenters. The number of hydrogen-bond acceptors (Lipinski definition) is 10. The molecule has 0 aromatic rings. The van der Waals surface area contributed by atoms with Crippen LogP contribution in [0.1, 0.15) is 25.7 Å². The molecule has 2 saturated carbocycles. The molecule has 0 saturated heterocycles. The molecule has 10 nitrogen and oxygen atoms in total. The van der Waals surface area contributed by atoms with Crippen LogP contribution in [0.2, 0.25) is 0 Å². The normalized spacial score (nSPS) is 26.0. The van der Waals surface area contributed by atoms with E-state index in [2.05, 4.69) is 18.9 Å². The number of Topliss-reactive ketones (excluding diaryl/α,β-unsaturated/α-hetero) is 2. The van der Waals surface area contributed by atoms with Crippen LogP contribution in [0.4, 0.5) is 0 Å². The third-order valence-corrected chi connectivity index (χ3v) is 4.78. The molecule has 0 N–H and O–H groups in total. The van der Waals surface area contributed by atoms with Crippen LogP contribution in [-0.2, 0) is 47.7 Å². The summed E-state index contributed by atoms with van der Waals surface area (Å²) in [6, 6.07) is 0. The molecule has 0 spiro atoms. The van der Waals surface area contributed by atoms with Crippen LogP contribution in [-0.4, -0.2) is 63.9 Å². The summed E-state index contributed by atoms with van der Waals surface area (Å²) < 4.78 is 18.0. The number of hydrogen-bond donors (Lipinski definition) is 0. The predicted octanol–water partition coefficient (Wildman–Crippen LogP) is -0.145. The minimum Gasteiger partial charge on any atom is -0.469 e. The van der Waals surface area contributed by atoms with Gasteiger partial charge in [0.05, 0.1) is 52.1 Å². The predicted molar refractivity (Wildman–Crippen MR) is 90.5 cm³/mol. The minimum absolute atomic E-state index is 0.0758. The molecule has 28 heavy (non-hydrogen) atoms. The molecule has 2 aliphatic rings. The van der Waals surface area contributed by atoms with Crippen molar-refractivity contribution < 1.29 is 47.7 Å². The van der Waals surface area contributed by atoms with Gasteiger partial charge in [-0.1, -0.05) is 0 Å². The Morgan fingerprint density at radius 3 is 0.857 bits per heavy atom. The Labute approximate surface area is 161 Å². The maximum Gasteiger partial charge on any atom is 0.309 e. The highest BCUT2D eigenvalue weighted by Crippen LogP contribution is 2.31. The topological polar surface area (TPSA) is 139 Å². The third-order valence-electron chi connectivity index (χ3n) is 4.78. The first-order chi connectivity index (χ1) is 13.2. The molecule has 0 heterocycles. The summed E-state index contributed by atoms with van der Waals surface area (Å²) in [7, 11) is 4.94. The van der Waals surface area contributed by atoms with E-state index >= 15 is 0 Å². The van der Waals surface area contributed by atoms with Crippen LogP contribution in [0.5, 0.6) is 0 Å². The van der Waals surface area contributed by atoms with Gasteiger partial charge in [-0.25, -0.2) is 0 Å². The molecule has 2 aliphatic carbocycles. The summed E-state index contributed by atoms with van der Waals surface area (Å²) in [5.74, 6) is -4.96. The zero-order valence-electron chi connectivity index (χ0n) is 16.2. The quantitative estimate of drug-likeness (QED) is 0.462. The summed E-state index contributed by atoms with van der Waals surface area (Å²) in [6.07, 6.45) is 0.303. The van der Waals surface area contributed by atoms with Crippen molar-refractivity contribution in [2.75, 3.05) is 28.4 Å². The Hall–Kier alpha value is -2.78. The van der Waals surface area contributed by atoms with Gasteiger partial charge in [-0.2, -0.15) is 0 Å². The van der Waals surface area contributed by atoms with Gasteiger partial charge in [0, 0.05) is 25.7 Å². The van der Waals surface area contributed by atoms with Crippen molar-refractivity contribution in [1.29, 1.82) is 0 Å². The van der Waals surface area contributed by atoms with Gasteiger partial charge < -0.3 is 18.9 Å². The van der Waals surface area contributed by atoms with E-state index in [9.17, 15) is 28.8 Å². The van der Waals surface area contributed by atoms with Crippen molar-refractivity contribution in [1.82, 2.24) is 0 Å². The monoisotopic (exact) mass is 400 g/mol. The van der Waals surface area contributed by atoms with Crippen LogP contribution >= 0.6 is 0 Å². The Kier molecular flexibility index (Phi) is 8.75. The van der Waals surface area contributed by atoms with Crippen molar-refractivity contribution in [2.45, 2.75) is 25.7 Å². The smallest absolute Gasteiger partial charge is 0.309 e. The number of ketones is 2. The second kappa shape index (κ2) is 10.5. The van der Waals surface area contributed by atoms with Crippen molar-refractivity contribution >= 4 is 35.4 Å². The highest BCUT2D eigenvalue weighted by atomic mass is 16.5. The molecule has 0 aromatic carbocycles. The summed E-state index contributed by atoms with van der Waals surface area (Å²) in [5, 5.41) is 0. The summed E-state index contributed by atoms with van der Waals surface area (Å²) in [4.78, 5) is 67.0. The van der Waals surface area contributed by atoms with E-state index in [1.165, 1.54) is 28.4 Å². The van der Waals surface area contributed by atoms with E-state index in [0.717, 1.165) is 0 Å². The van der Waals surface area contributed by atoms with E-state index < -0.39 is 47.5 Å². The lowest BCUT2D eigenvalue weighted by molar-refractivity contribution is -0.156. The molecule has 0 amide bonds. The molecule has 2 rings (SSSR count). The Balaban J connectivity index is 0.000000280. The van der Waals surface area contributed by atoms with Gasteiger partial charge >= 0.3 is 23.9 Å². The number of rotatable bonds is 4. The third kappa shape index (κ3) is 5.61. The Bertz CT molecular complexity index is 545. The second-order valence-corrected chi connectivity index (χ2v) is 6.41. The van der Waals surface area contributed by atoms with E-state index in [-0.39, 0.29) is 37.2 Å². The number of esters is 4. The standard InChI is InChI=1S/2C9H12O5/c2*1-13-8(11)6-3-5(10)4-7(6)9(12)14-2/h2*6-7H,3-4H2,1-2H3/t2*6-,7-/m10/s1. The van der Waals surface area contributed by atoms with Crippen molar-refractivity contribution in [3.63, 3.8) is 0 Å². The van der Waals surface area contributed by atoms with Gasteiger partial charge in [0.2, 0.25) is 0 Å². The summed E-state index contributed by atoms with van der Waals surface area (Å²) in [6.45, 7) is 0. The molecule has 0 aromatic heterocycles. The lowest BCUT2D eigenvalue weighted by Crippen LogP contribution is -2.27.